The number of hydrogen-bond donors (Lipinski definition) is 2. The third-order valence-corrected chi connectivity index (χ3v) is 3.94. The van der Waals surface area contributed by atoms with Gasteiger partial charge in [0.2, 0.25) is 0 Å². The number of aromatic nitrogens is 1. The Labute approximate surface area is 108 Å². The maximum absolute atomic E-state index is 9.57. The number of aliphatic hydroxyl groups is 1. The highest BCUT2D eigenvalue weighted by Gasteiger charge is 2.19. The SMILES string of the molecule is OCc1cc2c(nc1N1CCNCC1)CCCC2. The van der Waals surface area contributed by atoms with Crippen molar-refractivity contribution in [3.63, 3.8) is 0 Å². The lowest BCUT2D eigenvalue weighted by Gasteiger charge is -2.31. The van der Waals surface area contributed by atoms with E-state index in [4.69, 9.17) is 4.98 Å². The Hall–Kier alpha value is -1.13. The van der Waals surface area contributed by atoms with Crippen LogP contribution >= 0.6 is 0 Å². The lowest BCUT2D eigenvalue weighted by Crippen LogP contribution is -2.44. The minimum absolute atomic E-state index is 0.0968. The van der Waals surface area contributed by atoms with E-state index in [-0.39, 0.29) is 6.61 Å². The highest BCUT2D eigenvalue weighted by atomic mass is 16.3. The van der Waals surface area contributed by atoms with Crippen molar-refractivity contribution in [3.8, 4) is 0 Å². The molecule has 18 heavy (non-hydrogen) atoms. The van der Waals surface area contributed by atoms with E-state index in [2.05, 4.69) is 16.3 Å². The van der Waals surface area contributed by atoms with Crippen LogP contribution in [-0.2, 0) is 19.4 Å². The van der Waals surface area contributed by atoms with Gasteiger partial charge in [0.15, 0.2) is 0 Å². The molecule has 1 aliphatic carbocycles. The van der Waals surface area contributed by atoms with Crippen molar-refractivity contribution in [2.75, 3.05) is 31.1 Å². The molecule has 1 aromatic heterocycles. The lowest BCUT2D eigenvalue weighted by atomic mass is 9.94. The molecular weight excluding hydrogens is 226 g/mol. The Kier molecular flexibility index (Phi) is 3.48. The number of piperazine rings is 1. The van der Waals surface area contributed by atoms with Gasteiger partial charge in [-0.1, -0.05) is 0 Å². The number of aliphatic hydroxyl groups excluding tert-OH is 1. The second-order valence-corrected chi connectivity index (χ2v) is 5.18. The highest BCUT2D eigenvalue weighted by molar-refractivity contribution is 5.50. The van der Waals surface area contributed by atoms with Gasteiger partial charge in [-0.25, -0.2) is 4.98 Å². The van der Waals surface area contributed by atoms with Gasteiger partial charge >= 0.3 is 0 Å². The first-order valence-electron chi connectivity index (χ1n) is 6.96. The molecule has 98 valence electrons. The van der Waals surface area contributed by atoms with E-state index in [9.17, 15) is 5.11 Å². The number of nitrogens with zero attached hydrogens (tertiary/aromatic N) is 2. The summed E-state index contributed by atoms with van der Waals surface area (Å²) in [6.45, 7) is 4.07. The zero-order valence-corrected chi connectivity index (χ0v) is 10.8. The van der Waals surface area contributed by atoms with E-state index in [1.807, 2.05) is 0 Å². The lowest BCUT2D eigenvalue weighted by molar-refractivity contribution is 0.281. The zero-order chi connectivity index (χ0) is 12.4. The van der Waals surface area contributed by atoms with Crippen LogP contribution in [0.2, 0.25) is 0 Å². The maximum Gasteiger partial charge on any atom is 0.134 e. The molecular formula is C14H21N3O. The van der Waals surface area contributed by atoms with Crippen LogP contribution in [0, 0.1) is 0 Å². The van der Waals surface area contributed by atoms with Crippen LogP contribution in [0.15, 0.2) is 6.07 Å². The fraction of sp³-hybridized carbons (Fsp3) is 0.643. The average molecular weight is 247 g/mol. The standard InChI is InChI=1S/C14H21N3O/c18-10-12-9-11-3-1-2-4-13(11)16-14(12)17-7-5-15-6-8-17/h9,15,18H,1-8,10H2. The molecule has 0 radical (unpaired) electrons. The molecule has 4 nitrogen and oxygen atoms in total. The fourth-order valence-corrected chi connectivity index (χ4v) is 2.94. The molecule has 0 aromatic carbocycles. The minimum Gasteiger partial charge on any atom is -0.392 e. The maximum atomic E-state index is 9.57. The average Bonchev–Trinajstić information content (AvgIpc) is 2.46. The van der Waals surface area contributed by atoms with Gasteiger partial charge in [-0.2, -0.15) is 0 Å². The summed E-state index contributed by atoms with van der Waals surface area (Å²) in [5.74, 6) is 1.01. The Morgan fingerprint density at radius 3 is 2.78 bits per heavy atom. The predicted octanol–water partition coefficient (Wildman–Crippen LogP) is 0.862. The smallest absolute Gasteiger partial charge is 0.134 e. The van der Waals surface area contributed by atoms with Crippen LogP contribution in [0.5, 0.6) is 0 Å². The summed E-state index contributed by atoms with van der Waals surface area (Å²) in [4.78, 5) is 7.15. The molecule has 1 saturated heterocycles. The van der Waals surface area contributed by atoms with Gasteiger partial charge in [-0.05, 0) is 37.3 Å². The molecule has 0 unspecified atom stereocenters. The molecule has 2 N–H and O–H groups in total. The molecule has 1 fully saturated rings. The van der Waals surface area contributed by atoms with Gasteiger partial charge in [-0.15, -0.1) is 0 Å². The van der Waals surface area contributed by atoms with E-state index >= 15 is 0 Å². The van der Waals surface area contributed by atoms with Crippen LogP contribution < -0.4 is 10.2 Å². The second-order valence-electron chi connectivity index (χ2n) is 5.18. The number of pyridine rings is 1. The van der Waals surface area contributed by atoms with E-state index in [1.54, 1.807) is 0 Å². The summed E-state index contributed by atoms with van der Waals surface area (Å²) in [6.07, 6.45) is 4.73. The number of anilines is 1. The van der Waals surface area contributed by atoms with E-state index in [0.717, 1.165) is 50.4 Å². The summed E-state index contributed by atoms with van der Waals surface area (Å²) < 4.78 is 0. The molecule has 0 spiro atoms. The van der Waals surface area contributed by atoms with Gasteiger partial charge in [0.25, 0.3) is 0 Å². The van der Waals surface area contributed by atoms with Crippen LogP contribution in [0.4, 0.5) is 5.82 Å². The molecule has 0 atom stereocenters. The highest BCUT2D eigenvalue weighted by Crippen LogP contribution is 2.27. The monoisotopic (exact) mass is 247 g/mol. The molecule has 4 heteroatoms. The Balaban J connectivity index is 1.95. The molecule has 2 heterocycles. The van der Waals surface area contributed by atoms with Crippen LogP contribution in [0.1, 0.15) is 29.7 Å². The van der Waals surface area contributed by atoms with E-state index in [1.165, 1.54) is 24.1 Å². The Bertz CT molecular complexity index is 427. The second kappa shape index (κ2) is 5.24. The van der Waals surface area contributed by atoms with E-state index in [0.29, 0.717) is 0 Å². The molecule has 0 saturated carbocycles. The number of hydrogen-bond acceptors (Lipinski definition) is 4. The van der Waals surface area contributed by atoms with Crippen molar-refractivity contribution >= 4 is 5.82 Å². The van der Waals surface area contributed by atoms with Crippen LogP contribution in [-0.4, -0.2) is 36.3 Å². The fourth-order valence-electron chi connectivity index (χ4n) is 2.94. The van der Waals surface area contributed by atoms with Crippen molar-refractivity contribution in [3.05, 3.63) is 22.9 Å². The van der Waals surface area contributed by atoms with Crippen molar-refractivity contribution in [2.24, 2.45) is 0 Å². The first-order valence-corrected chi connectivity index (χ1v) is 6.96. The molecule has 1 aliphatic heterocycles. The number of nitrogens with one attached hydrogen (secondary N) is 1. The van der Waals surface area contributed by atoms with Crippen LogP contribution in [0.3, 0.4) is 0 Å². The summed E-state index contributed by atoms with van der Waals surface area (Å²) >= 11 is 0. The van der Waals surface area contributed by atoms with Gasteiger partial charge in [0.05, 0.1) is 6.61 Å². The summed E-state index contributed by atoms with van der Waals surface area (Å²) in [5.41, 5.74) is 3.61. The molecule has 0 bridgehead atoms. The summed E-state index contributed by atoms with van der Waals surface area (Å²) in [5, 5.41) is 12.9. The van der Waals surface area contributed by atoms with Crippen molar-refractivity contribution in [2.45, 2.75) is 32.3 Å². The predicted molar refractivity (Wildman–Crippen MR) is 71.9 cm³/mol. The van der Waals surface area contributed by atoms with Gasteiger partial charge in [0.1, 0.15) is 5.82 Å². The van der Waals surface area contributed by atoms with Gasteiger partial charge in [-0.3, -0.25) is 0 Å². The molecule has 2 aliphatic rings. The topological polar surface area (TPSA) is 48.4 Å². The van der Waals surface area contributed by atoms with Gasteiger partial charge < -0.3 is 15.3 Å². The van der Waals surface area contributed by atoms with Crippen LogP contribution in [0.25, 0.3) is 0 Å². The quantitative estimate of drug-likeness (QED) is 0.814. The molecule has 3 rings (SSSR count). The van der Waals surface area contributed by atoms with Crippen molar-refractivity contribution in [1.29, 1.82) is 0 Å². The first kappa shape index (κ1) is 11.9. The summed E-state index contributed by atoms with van der Waals surface area (Å²) in [6, 6.07) is 2.18. The van der Waals surface area contributed by atoms with E-state index < -0.39 is 0 Å². The first-order chi connectivity index (χ1) is 8.88. The van der Waals surface area contributed by atoms with Crippen molar-refractivity contribution in [1.82, 2.24) is 10.3 Å². The largest absolute Gasteiger partial charge is 0.392 e. The molecule has 1 aromatic rings. The van der Waals surface area contributed by atoms with Gasteiger partial charge in [0, 0.05) is 37.4 Å². The minimum atomic E-state index is 0.0968. The molecule has 0 amide bonds. The Morgan fingerprint density at radius 2 is 2.00 bits per heavy atom. The summed E-state index contributed by atoms with van der Waals surface area (Å²) in [7, 11) is 0. The normalized spacial score (nSPS) is 19.7. The Morgan fingerprint density at radius 1 is 1.22 bits per heavy atom. The number of rotatable bonds is 2. The number of aryl methyl sites for hydroxylation is 2. The van der Waals surface area contributed by atoms with Crippen molar-refractivity contribution < 1.29 is 5.11 Å². The third-order valence-electron chi connectivity index (χ3n) is 3.94. The number of fused-ring (bicyclic) bond motifs is 1. The zero-order valence-electron chi connectivity index (χ0n) is 10.8. The third kappa shape index (κ3) is 2.22.